The van der Waals surface area contributed by atoms with Gasteiger partial charge in [0, 0.05) is 11.1 Å². The van der Waals surface area contributed by atoms with Crippen molar-refractivity contribution in [3.63, 3.8) is 0 Å². The Morgan fingerprint density at radius 2 is 2.45 bits per heavy atom. The van der Waals surface area contributed by atoms with Crippen LogP contribution in [0.25, 0.3) is 10.2 Å². The molecule has 0 atom stereocenters. The molecule has 0 amide bonds. The highest BCUT2D eigenvalue weighted by Crippen LogP contribution is 2.12. The van der Waals surface area contributed by atoms with Crippen LogP contribution in [0.1, 0.15) is 0 Å². The van der Waals surface area contributed by atoms with Crippen LogP contribution in [0.4, 0.5) is 0 Å². The molecule has 0 saturated carbocycles. The van der Waals surface area contributed by atoms with Crippen LogP contribution in [-0.2, 0) is 0 Å². The summed E-state index contributed by atoms with van der Waals surface area (Å²) in [7, 11) is 0. The molecule has 0 unspecified atom stereocenters. The van der Waals surface area contributed by atoms with Crippen LogP contribution in [0.5, 0.6) is 0 Å². The minimum atomic E-state index is 0.697. The molecule has 54 valence electrons. The van der Waals surface area contributed by atoms with Gasteiger partial charge < -0.3 is 0 Å². The average Bonchev–Trinajstić information content (AvgIpc) is 2.40. The maximum Gasteiger partial charge on any atom is 0.326 e. The second-order valence-corrected chi connectivity index (χ2v) is 2.98. The fourth-order valence-electron chi connectivity index (χ4n) is 0.879. The topological polar surface area (TPSA) is 35.9 Å². The minimum absolute atomic E-state index is 0.697. The van der Waals surface area contributed by atoms with Gasteiger partial charge in [-0.15, -0.1) is 0 Å². The number of thiophene rings is 1. The Hall–Kier alpha value is -1.29. The molecule has 0 fully saturated rings. The smallest absolute Gasteiger partial charge is 0.257 e. The third kappa shape index (κ3) is 1.01. The molecule has 0 spiro atoms. The van der Waals surface area contributed by atoms with Crippen LogP contribution >= 0.6 is 11.3 Å². The van der Waals surface area contributed by atoms with Crippen molar-refractivity contribution < 1.29 is 4.43 Å². The fourth-order valence-corrected chi connectivity index (χ4v) is 1.64. The highest BCUT2D eigenvalue weighted by atomic mass is 32.1. The summed E-state index contributed by atoms with van der Waals surface area (Å²) in [6.45, 7) is 0. The molecule has 0 aromatic carbocycles. The highest BCUT2D eigenvalue weighted by Gasteiger charge is 2.03. The van der Waals surface area contributed by atoms with E-state index in [4.69, 9.17) is 0 Å². The van der Waals surface area contributed by atoms with Crippen LogP contribution in [0.15, 0.2) is 30.0 Å². The molecule has 2 heterocycles. The lowest BCUT2D eigenvalue weighted by atomic mass is 10.4. The fraction of sp³-hybridized carbons (Fsp3) is 0. The molecule has 11 heavy (non-hydrogen) atoms. The third-order valence-corrected chi connectivity index (χ3v) is 2.29. The lowest BCUT2D eigenvalue weighted by molar-refractivity contribution is -0.460. The van der Waals surface area contributed by atoms with E-state index in [1.54, 1.807) is 6.20 Å². The molecule has 0 radical (unpaired) electrons. The predicted molar refractivity (Wildman–Crippen MR) is 43.0 cm³/mol. The Bertz CT molecular complexity index is 437. The zero-order valence-electron chi connectivity index (χ0n) is 5.60. The van der Waals surface area contributed by atoms with Crippen molar-refractivity contribution in [2.45, 2.75) is 0 Å². The average molecular weight is 165 g/mol. The largest absolute Gasteiger partial charge is 0.326 e. The Kier molecular flexibility index (Phi) is 1.40. The van der Waals surface area contributed by atoms with Crippen LogP contribution < -0.4 is 4.43 Å². The van der Waals surface area contributed by atoms with Gasteiger partial charge in [0.05, 0.1) is 16.0 Å². The summed E-state index contributed by atoms with van der Waals surface area (Å²) in [5, 5.41) is 2.76. The maximum atomic E-state index is 11.1. The number of hydrogen-bond acceptors (Lipinski definition) is 3. The van der Waals surface area contributed by atoms with E-state index >= 15 is 0 Å². The Labute approximate surface area is 66.6 Å². The summed E-state index contributed by atoms with van der Waals surface area (Å²) in [5.41, 5.74) is 0. The van der Waals surface area contributed by atoms with Crippen molar-refractivity contribution in [3.8, 4) is 0 Å². The SMILES string of the molecule is O=[n+]1ccncc2ccsc21. The monoisotopic (exact) mass is 165 g/mol. The quantitative estimate of drug-likeness (QED) is 0.550. The van der Waals surface area contributed by atoms with E-state index in [-0.39, 0.29) is 0 Å². The van der Waals surface area contributed by atoms with Crippen molar-refractivity contribution in [2.75, 3.05) is 0 Å². The van der Waals surface area contributed by atoms with Crippen molar-refractivity contribution in [1.29, 1.82) is 0 Å². The highest BCUT2D eigenvalue weighted by molar-refractivity contribution is 7.16. The van der Waals surface area contributed by atoms with Crippen molar-refractivity contribution >= 4 is 21.6 Å². The molecule has 2 rings (SSSR count). The van der Waals surface area contributed by atoms with Crippen molar-refractivity contribution in [1.82, 2.24) is 4.98 Å². The zero-order chi connectivity index (χ0) is 7.68. The maximum absolute atomic E-state index is 11.1. The number of hydrogen-bond donors (Lipinski definition) is 0. The molecule has 4 heteroatoms. The van der Waals surface area contributed by atoms with E-state index < -0.39 is 0 Å². The van der Waals surface area contributed by atoms with Crippen LogP contribution in [-0.4, -0.2) is 4.98 Å². The van der Waals surface area contributed by atoms with Gasteiger partial charge in [-0.2, -0.15) is 0 Å². The number of aromatic nitrogens is 2. The second kappa shape index (κ2) is 2.39. The van der Waals surface area contributed by atoms with Gasteiger partial charge in [0.1, 0.15) is 0 Å². The normalized spacial score (nSPS) is 10.2. The third-order valence-electron chi connectivity index (χ3n) is 1.38. The number of fused-ring (bicyclic) bond motifs is 1. The molecule has 0 saturated heterocycles. The van der Waals surface area contributed by atoms with Crippen molar-refractivity contribution in [3.05, 3.63) is 34.9 Å². The van der Waals surface area contributed by atoms with Crippen LogP contribution in [0, 0.1) is 4.91 Å². The number of rotatable bonds is 0. The standard InChI is InChI=1S/C7H5N2OS/c10-9-3-2-8-5-6-1-4-11-7(6)9/h1-5H/q+1. The Morgan fingerprint density at radius 1 is 1.55 bits per heavy atom. The molecule has 0 bridgehead atoms. The first-order valence-electron chi connectivity index (χ1n) is 3.11. The molecule has 3 nitrogen and oxygen atoms in total. The zero-order valence-corrected chi connectivity index (χ0v) is 6.41. The van der Waals surface area contributed by atoms with E-state index in [1.165, 1.54) is 23.7 Å². The summed E-state index contributed by atoms with van der Waals surface area (Å²) >= 11 is 1.42. The summed E-state index contributed by atoms with van der Waals surface area (Å²) in [6.07, 6.45) is 4.57. The Morgan fingerprint density at radius 3 is 3.36 bits per heavy atom. The van der Waals surface area contributed by atoms with Crippen LogP contribution in [0.3, 0.4) is 0 Å². The van der Waals surface area contributed by atoms with E-state index in [0.29, 0.717) is 4.83 Å². The van der Waals surface area contributed by atoms with Gasteiger partial charge in [0.25, 0.3) is 0 Å². The number of nitrogens with zero attached hydrogens (tertiary/aromatic N) is 2. The van der Waals surface area contributed by atoms with Gasteiger partial charge in [0.15, 0.2) is 0 Å². The van der Waals surface area contributed by atoms with E-state index in [2.05, 4.69) is 4.98 Å². The van der Waals surface area contributed by atoms with Gasteiger partial charge in [0.2, 0.25) is 6.20 Å². The second-order valence-electron chi connectivity index (χ2n) is 2.08. The first kappa shape index (κ1) is 6.42. The summed E-state index contributed by atoms with van der Waals surface area (Å²) in [4.78, 5) is 15.7. The molecule has 0 aliphatic rings. The van der Waals surface area contributed by atoms with Gasteiger partial charge in [-0.1, -0.05) is 11.3 Å². The summed E-state index contributed by atoms with van der Waals surface area (Å²) < 4.78 is 0.826. The molecule has 0 aliphatic carbocycles. The van der Waals surface area contributed by atoms with Gasteiger partial charge in [-0.3, -0.25) is 4.98 Å². The molecular weight excluding hydrogens is 160 g/mol. The summed E-state index contributed by atoms with van der Waals surface area (Å²) in [5.74, 6) is 0. The molecule has 0 N–H and O–H groups in total. The molecular formula is C7H5N2OS+. The first-order chi connectivity index (χ1) is 5.38. The van der Waals surface area contributed by atoms with Gasteiger partial charge in [-0.25, -0.2) is 0 Å². The molecule has 2 aromatic heterocycles. The Balaban J connectivity index is 3.09. The van der Waals surface area contributed by atoms with E-state index in [0.717, 1.165) is 9.81 Å². The van der Waals surface area contributed by atoms with Gasteiger partial charge >= 0.3 is 4.83 Å². The molecule has 0 aliphatic heterocycles. The van der Waals surface area contributed by atoms with Gasteiger partial charge in [-0.05, 0) is 11.4 Å². The lowest BCUT2D eigenvalue weighted by Crippen LogP contribution is -2.08. The van der Waals surface area contributed by atoms with E-state index in [1.807, 2.05) is 11.4 Å². The lowest BCUT2D eigenvalue weighted by Gasteiger charge is -1.64. The van der Waals surface area contributed by atoms with Crippen LogP contribution in [0.2, 0.25) is 0 Å². The minimum Gasteiger partial charge on any atom is -0.257 e. The van der Waals surface area contributed by atoms with Crippen molar-refractivity contribution in [2.24, 2.45) is 0 Å². The van der Waals surface area contributed by atoms with E-state index in [9.17, 15) is 4.91 Å². The first-order valence-corrected chi connectivity index (χ1v) is 3.99. The predicted octanol–water partition coefficient (Wildman–Crippen LogP) is 1.21. The summed E-state index contributed by atoms with van der Waals surface area (Å²) in [6, 6.07) is 1.88. The molecule has 2 aromatic rings.